The van der Waals surface area contributed by atoms with Crippen LogP contribution < -0.4 is 10.2 Å². The van der Waals surface area contributed by atoms with Gasteiger partial charge in [0.15, 0.2) is 0 Å². The van der Waals surface area contributed by atoms with Gasteiger partial charge >= 0.3 is 6.03 Å². The predicted octanol–water partition coefficient (Wildman–Crippen LogP) is 1.91. The molecule has 1 aromatic heterocycles. The summed E-state index contributed by atoms with van der Waals surface area (Å²) in [7, 11) is 0. The van der Waals surface area contributed by atoms with Crippen LogP contribution in [0.15, 0.2) is 18.3 Å². The lowest BCUT2D eigenvalue weighted by Gasteiger charge is -2.19. The Kier molecular flexibility index (Phi) is 2.58. The highest BCUT2D eigenvalue weighted by molar-refractivity contribution is 5.93. The molecule has 4 nitrogen and oxygen atoms in total. The molecule has 2 amide bonds. The number of amides is 2. The summed E-state index contributed by atoms with van der Waals surface area (Å²) in [5, 5.41) is 2.77. The average molecular weight is 219 g/mol. The fourth-order valence-electron chi connectivity index (χ4n) is 1.71. The van der Waals surface area contributed by atoms with Gasteiger partial charge in [0.1, 0.15) is 0 Å². The predicted molar refractivity (Wildman–Crippen MR) is 63.7 cm³/mol. The van der Waals surface area contributed by atoms with Gasteiger partial charge in [-0.15, -0.1) is 0 Å². The number of carbonyl (C=O) groups is 1. The molecule has 1 aliphatic heterocycles. The lowest BCUT2D eigenvalue weighted by atomic mass is 9.92. The van der Waals surface area contributed by atoms with E-state index in [2.05, 4.69) is 31.1 Å². The van der Waals surface area contributed by atoms with Crippen LogP contribution in [0.3, 0.4) is 0 Å². The zero-order valence-corrected chi connectivity index (χ0v) is 9.95. The van der Waals surface area contributed by atoms with Crippen molar-refractivity contribution in [3.63, 3.8) is 0 Å². The SMILES string of the molecule is CC(C)(C)c1ccc(N2CCNC2=O)cn1. The molecular weight excluding hydrogens is 202 g/mol. The first-order valence-electron chi connectivity index (χ1n) is 5.50. The minimum atomic E-state index is -0.0368. The van der Waals surface area contributed by atoms with E-state index in [1.54, 1.807) is 11.1 Å². The van der Waals surface area contributed by atoms with E-state index < -0.39 is 0 Å². The van der Waals surface area contributed by atoms with Crippen LogP contribution in [0, 0.1) is 0 Å². The van der Waals surface area contributed by atoms with Crippen molar-refractivity contribution < 1.29 is 4.79 Å². The fraction of sp³-hybridized carbons (Fsp3) is 0.500. The molecule has 16 heavy (non-hydrogen) atoms. The smallest absolute Gasteiger partial charge is 0.322 e. The maximum Gasteiger partial charge on any atom is 0.322 e. The van der Waals surface area contributed by atoms with Gasteiger partial charge in [-0.2, -0.15) is 0 Å². The van der Waals surface area contributed by atoms with Gasteiger partial charge in [-0.1, -0.05) is 20.8 Å². The summed E-state index contributed by atoms with van der Waals surface area (Å²) in [6.45, 7) is 7.79. The molecule has 2 heterocycles. The topological polar surface area (TPSA) is 45.2 Å². The monoisotopic (exact) mass is 219 g/mol. The van der Waals surface area contributed by atoms with Crippen molar-refractivity contribution in [1.29, 1.82) is 0 Å². The first-order chi connectivity index (χ1) is 7.48. The van der Waals surface area contributed by atoms with Gasteiger partial charge in [0.25, 0.3) is 0 Å². The third kappa shape index (κ3) is 2.01. The van der Waals surface area contributed by atoms with Crippen LogP contribution in [-0.4, -0.2) is 24.1 Å². The summed E-state index contributed by atoms with van der Waals surface area (Å²) in [5.74, 6) is 0. The van der Waals surface area contributed by atoms with Crippen molar-refractivity contribution in [2.45, 2.75) is 26.2 Å². The second kappa shape index (κ2) is 3.77. The standard InChI is InChI=1S/C12H17N3O/c1-12(2,3)10-5-4-9(8-14-10)15-7-6-13-11(15)16/h4-5,8H,6-7H2,1-3H3,(H,13,16). The molecule has 0 aliphatic carbocycles. The van der Waals surface area contributed by atoms with Crippen molar-refractivity contribution in [2.24, 2.45) is 0 Å². The van der Waals surface area contributed by atoms with Crippen LogP contribution in [0.2, 0.25) is 0 Å². The summed E-state index contributed by atoms with van der Waals surface area (Å²) in [5.41, 5.74) is 1.95. The minimum Gasteiger partial charge on any atom is -0.336 e. The molecule has 2 rings (SSSR count). The van der Waals surface area contributed by atoms with Gasteiger partial charge in [-0.25, -0.2) is 4.79 Å². The molecule has 86 valence electrons. The highest BCUT2D eigenvalue weighted by Gasteiger charge is 2.22. The number of nitrogens with zero attached hydrogens (tertiary/aromatic N) is 2. The molecule has 1 saturated heterocycles. The zero-order valence-electron chi connectivity index (χ0n) is 9.95. The number of nitrogens with one attached hydrogen (secondary N) is 1. The van der Waals surface area contributed by atoms with E-state index in [1.165, 1.54) is 0 Å². The Morgan fingerprint density at radius 3 is 2.56 bits per heavy atom. The Hall–Kier alpha value is -1.58. The normalized spacial score (nSPS) is 16.4. The first kappa shape index (κ1) is 10.9. The van der Waals surface area contributed by atoms with E-state index in [4.69, 9.17) is 0 Å². The van der Waals surface area contributed by atoms with Gasteiger partial charge < -0.3 is 5.32 Å². The molecule has 0 aromatic carbocycles. The van der Waals surface area contributed by atoms with E-state index >= 15 is 0 Å². The van der Waals surface area contributed by atoms with Crippen LogP contribution in [0.25, 0.3) is 0 Å². The van der Waals surface area contributed by atoms with Crippen molar-refractivity contribution in [1.82, 2.24) is 10.3 Å². The average Bonchev–Trinajstić information content (AvgIpc) is 2.63. The Labute approximate surface area is 95.7 Å². The molecule has 0 bridgehead atoms. The maximum atomic E-state index is 11.4. The quantitative estimate of drug-likeness (QED) is 0.784. The van der Waals surface area contributed by atoms with E-state index in [9.17, 15) is 4.79 Å². The van der Waals surface area contributed by atoms with E-state index in [0.29, 0.717) is 6.54 Å². The second-order valence-electron chi connectivity index (χ2n) is 5.04. The second-order valence-corrected chi connectivity index (χ2v) is 5.04. The number of aromatic nitrogens is 1. The lowest BCUT2D eigenvalue weighted by molar-refractivity contribution is 0.252. The third-order valence-electron chi connectivity index (χ3n) is 2.68. The fourth-order valence-corrected chi connectivity index (χ4v) is 1.71. The van der Waals surface area contributed by atoms with Gasteiger partial charge in [-0.3, -0.25) is 9.88 Å². The Bertz CT molecular complexity index is 392. The Morgan fingerprint density at radius 1 is 1.38 bits per heavy atom. The summed E-state index contributed by atoms with van der Waals surface area (Å²) >= 11 is 0. The molecule has 1 fully saturated rings. The van der Waals surface area contributed by atoms with E-state index in [-0.39, 0.29) is 11.4 Å². The molecule has 0 unspecified atom stereocenters. The minimum absolute atomic E-state index is 0.0368. The third-order valence-corrected chi connectivity index (χ3v) is 2.68. The molecule has 0 atom stereocenters. The number of hydrogen-bond acceptors (Lipinski definition) is 2. The molecule has 0 saturated carbocycles. The van der Waals surface area contributed by atoms with Crippen LogP contribution in [0.1, 0.15) is 26.5 Å². The lowest BCUT2D eigenvalue weighted by Crippen LogP contribution is -2.28. The van der Waals surface area contributed by atoms with Crippen LogP contribution in [-0.2, 0) is 5.41 Å². The van der Waals surface area contributed by atoms with Crippen molar-refractivity contribution in [2.75, 3.05) is 18.0 Å². The van der Waals surface area contributed by atoms with E-state index in [1.807, 2.05) is 12.1 Å². The highest BCUT2D eigenvalue weighted by atomic mass is 16.2. The van der Waals surface area contributed by atoms with Gasteiger partial charge in [0, 0.05) is 24.2 Å². The first-order valence-corrected chi connectivity index (χ1v) is 5.50. The molecule has 0 spiro atoms. The largest absolute Gasteiger partial charge is 0.336 e. The maximum absolute atomic E-state index is 11.4. The summed E-state index contributed by atoms with van der Waals surface area (Å²) < 4.78 is 0. The number of carbonyl (C=O) groups excluding carboxylic acids is 1. The number of urea groups is 1. The van der Waals surface area contributed by atoms with Crippen molar-refractivity contribution in [3.8, 4) is 0 Å². The number of hydrogen-bond donors (Lipinski definition) is 1. The zero-order chi connectivity index (χ0) is 11.8. The van der Waals surface area contributed by atoms with E-state index in [0.717, 1.165) is 17.9 Å². The van der Waals surface area contributed by atoms with Crippen LogP contribution in [0.5, 0.6) is 0 Å². The van der Waals surface area contributed by atoms with Crippen LogP contribution >= 0.6 is 0 Å². The number of anilines is 1. The molecule has 0 radical (unpaired) electrons. The molecule has 1 N–H and O–H groups in total. The Balaban J connectivity index is 2.22. The highest BCUT2D eigenvalue weighted by Crippen LogP contribution is 2.22. The number of pyridine rings is 1. The molecule has 1 aliphatic rings. The van der Waals surface area contributed by atoms with Crippen LogP contribution in [0.4, 0.5) is 10.5 Å². The summed E-state index contributed by atoms with van der Waals surface area (Å²) in [6, 6.07) is 3.91. The molecular formula is C12H17N3O. The van der Waals surface area contributed by atoms with Crippen molar-refractivity contribution >= 4 is 11.7 Å². The summed E-state index contributed by atoms with van der Waals surface area (Å²) in [4.78, 5) is 17.6. The molecule has 4 heteroatoms. The van der Waals surface area contributed by atoms with Gasteiger partial charge in [-0.05, 0) is 12.1 Å². The molecule has 1 aromatic rings. The van der Waals surface area contributed by atoms with Crippen molar-refractivity contribution in [3.05, 3.63) is 24.0 Å². The summed E-state index contributed by atoms with van der Waals surface area (Å²) in [6.07, 6.45) is 1.77. The number of rotatable bonds is 1. The van der Waals surface area contributed by atoms with Gasteiger partial charge in [0.2, 0.25) is 0 Å². The van der Waals surface area contributed by atoms with Gasteiger partial charge in [0.05, 0.1) is 11.9 Å². The Morgan fingerprint density at radius 2 is 2.12 bits per heavy atom.